The van der Waals surface area contributed by atoms with E-state index in [1.807, 2.05) is 24.3 Å². The van der Waals surface area contributed by atoms with Crippen molar-refractivity contribution >= 4 is 5.78 Å². The first-order valence-corrected chi connectivity index (χ1v) is 6.84. The molecule has 3 nitrogen and oxygen atoms in total. The van der Waals surface area contributed by atoms with Gasteiger partial charge in [-0.2, -0.15) is 0 Å². The Morgan fingerprint density at radius 3 is 2.26 bits per heavy atom. The highest BCUT2D eigenvalue weighted by Crippen LogP contribution is 2.22. The molecule has 0 bridgehead atoms. The van der Waals surface area contributed by atoms with Crippen LogP contribution in [0.1, 0.15) is 49.5 Å². The van der Waals surface area contributed by atoms with Gasteiger partial charge < -0.3 is 9.47 Å². The molecule has 1 heterocycles. The number of hydrogen-bond donors (Lipinski definition) is 0. The Labute approximate surface area is 114 Å². The average Bonchev–Trinajstić information content (AvgIpc) is 2.88. The molecule has 0 atom stereocenters. The second-order valence-corrected chi connectivity index (χ2v) is 5.96. The number of carbonyl (C=O) groups is 1. The summed E-state index contributed by atoms with van der Waals surface area (Å²) in [6.07, 6.45) is 0.914. The number of hydrogen-bond acceptors (Lipinski definition) is 3. The standard InChI is InChI=1S/C16H22O3/c1-16(2,3)13-6-4-12(5-7-13)14(17)8-9-15-18-10-11-19-15/h4-7,15H,8-11H2,1-3H3. The zero-order valence-electron chi connectivity index (χ0n) is 11.9. The fourth-order valence-electron chi connectivity index (χ4n) is 2.12. The van der Waals surface area contributed by atoms with Gasteiger partial charge in [-0.15, -0.1) is 0 Å². The van der Waals surface area contributed by atoms with Crippen molar-refractivity contribution in [3.8, 4) is 0 Å². The molecule has 1 aromatic carbocycles. The van der Waals surface area contributed by atoms with Crippen molar-refractivity contribution in [3.05, 3.63) is 35.4 Å². The van der Waals surface area contributed by atoms with Crippen LogP contribution in [0.15, 0.2) is 24.3 Å². The van der Waals surface area contributed by atoms with Gasteiger partial charge >= 0.3 is 0 Å². The summed E-state index contributed by atoms with van der Waals surface area (Å²) in [6, 6.07) is 7.91. The maximum atomic E-state index is 12.1. The molecule has 1 saturated heterocycles. The molecule has 1 aliphatic rings. The van der Waals surface area contributed by atoms with E-state index in [-0.39, 0.29) is 17.5 Å². The molecule has 0 radical (unpaired) electrons. The van der Waals surface area contributed by atoms with E-state index < -0.39 is 0 Å². The average molecular weight is 262 g/mol. The zero-order valence-corrected chi connectivity index (χ0v) is 11.9. The lowest BCUT2D eigenvalue weighted by Crippen LogP contribution is -2.12. The van der Waals surface area contributed by atoms with Crippen molar-refractivity contribution < 1.29 is 14.3 Å². The maximum Gasteiger partial charge on any atom is 0.163 e. The van der Waals surface area contributed by atoms with Crippen molar-refractivity contribution in [2.24, 2.45) is 0 Å². The van der Waals surface area contributed by atoms with Crippen molar-refractivity contribution in [2.45, 2.75) is 45.3 Å². The van der Waals surface area contributed by atoms with Crippen LogP contribution < -0.4 is 0 Å². The Hall–Kier alpha value is -1.19. The van der Waals surface area contributed by atoms with Crippen LogP contribution in [0.4, 0.5) is 0 Å². The summed E-state index contributed by atoms with van der Waals surface area (Å²) >= 11 is 0. The normalized spacial score (nSPS) is 16.8. The Balaban J connectivity index is 1.92. The predicted octanol–water partition coefficient (Wildman–Crippen LogP) is 3.32. The van der Waals surface area contributed by atoms with Crippen LogP contribution >= 0.6 is 0 Å². The largest absolute Gasteiger partial charge is 0.350 e. The molecule has 0 amide bonds. The molecule has 0 N–H and O–H groups in total. The molecule has 1 fully saturated rings. The van der Waals surface area contributed by atoms with E-state index in [2.05, 4.69) is 20.8 Å². The Bertz CT molecular complexity index is 422. The van der Waals surface area contributed by atoms with E-state index >= 15 is 0 Å². The molecule has 0 spiro atoms. The summed E-state index contributed by atoms with van der Waals surface area (Å²) in [7, 11) is 0. The second kappa shape index (κ2) is 5.85. The Kier molecular flexibility index (Phi) is 4.38. The van der Waals surface area contributed by atoms with Gasteiger partial charge in [-0.25, -0.2) is 0 Å². The van der Waals surface area contributed by atoms with Crippen molar-refractivity contribution in [3.63, 3.8) is 0 Å². The fraction of sp³-hybridized carbons (Fsp3) is 0.562. The van der Waals surface area contributed by atoms with Gasteiger partial charge in [0.25, 0.3) is 0 Å². The summed E-state index contributed by atoms with van der Waals surface area (Å²) in [5.41, 5.74) is 2.13. The monoisotopic (exact) mass is 262 g/mol. The van der Waals surface area contributed by atoms with Gasteiger partial charge in [0.2, 0.25) is 0 Å². The molecule has 0 unspecified atom stereocenters. The minimum absolute atomic E-state index is 0.118. The van der Waals surface area contributed by atoms with Crippen LogP contribution in [-0.4, -0.2) is 25.3 Å². The number of ketones is 1. The van der Waals surface area contributed by atoms with Gasteiger partial charge in [0.05, 0.1) is 13.2 Å². The Morgan fingerprint density at radius 1 is 1.16 bits per heavy atom. The van der Waals surface area contributed by atoms with Crippen LogP contribution in [0.3, 0.4) is 0 Å². The summed E-state index contributed by atoms with van der Waals surface area (Å²) in [6.45, 7) is 7.77. The summed E-state index contributed by atoms with van der Waals surface area (Å²) in [5.74, 6) is 0.152. The zero-order chi connectivity index (χ0) is 13.9. The van der Waals surface area contributed by atoms with Crippen LogP contribution in [0, 0.1) is 0 Å². The number of carbonyl (C=O) groups excluding carboxylic acids is 1. The topological polar surface area (TPSA) is 35.5 Å². The van der Waals surface area contributed by atoms with E-state index in [0.717, 1.165) is 5.56 Å². The first-order chi connectivity index (χ1) is 8.97. The van der Waals surface area contributed by atoms with E-state index in [4.69, 9.17) is 9.47 Å². The second-order valence-electron chi connectivity index (χ2n) is 5.96. The van der Waals surface area contributed by atoms with Crippen LogP contribution in [0.25, 0.3) is 0 Å². The van der Waals surface area contributed by atoms with Gasteiger partial charge in [0, 0.05) is 18.4 Å². The lowest BCUT2D eigenvalue weighted by Gasteiger charge is -2.19. The summed E-state index contributed by atoms with van der Waals surface area (Å²) < 4.78 is 10.7. The number of Topliss-reactive ketones (excluding diaryl/α,β-unsaturated/α-hetero) is 1. The minimum atomic E-state index is -0.196. The van der Waals surface area contributed by atoms with E-state index in [0.29, 0.717) is 26.1 Å². The predicted molar refractivity (Wildman–Crippen MR) is 74.4 cm³/mol. The highest BCUT2D eigenvalue weighted by atomic mass is 16.7. The van der Waals surface area contributed by atoms with Gasteiger partial charge in [-0.05, 0) is 11.0 Å². The van der Waals surface area contributed by atoms with E-state index in [9.17, 15) is 4.79 Å². The molecule has 0 saturated carbocycles. The minimum Gasteiger partial charge on any atom is -0.350 e. The SMILES string of the molecule is CC(C)(C)c1ccc(C(=O)CCC2OCCO2)cc1. The molecule has 1 aliphatic heterocycles. The molecular formula is C16H22O3. The van der Waals surface area contributed by atoms with Crippen molar-refractivity contribution in [2.75, 3.05) is 13.2 Å². The van der Waals surface area contributed by atoms with Gasteiger partial charge in [0.1, 0.15) is 0 Å². The lowest BCUT2D eigenvalue weighted by atomic mass is 9.86. The third-order valence-electron chi connectivity index (χ3n) is 3.37. The molecule has 2 rings (SSSR count). The van der Waals surface area contributed by atoms with Gasteiger partial charge in [-0.1, -0.05) is 45.0 Å². The first-order valence-electron chi connectivity index (χ1n) is 6.84. The van der Waals surface area contributed by atoms with Crippen LogP contribution in [0.2, 0.25) is 0 Å². The lowest BCUT2D eigenvalue weighted by molar-refractivity contribution is -0.0464. The highest BCUT2D eigenvalue weighted by molar-refractivity contribution is 5.96. The molecule has 0 aliphatic carbocycles. The third kappa shape index (κ3) is 3.88. The molecule has 3 heteroatoms. The van der Waals surface area contributed by atoms with E-state index in [1.165, 1.54) is 5.56 Å². The number of benzene rings is 1. The van der Waals surface area contributed by atoms with E-state index in [1.54, 1.807) is 0 Å². The summed E-state index contributed by atoms with van der Waals surface area (Å²) in [5, 5.41) is 0. The maximum absolute atomic E-state index is 12.1. The molecule has 104 valence electrons. The molecule has 19 heavy (non-hydrogen) atoms. The number of ether oxygens (including phenoxy) is 2. The number of rotatable bonds is 4. The van der Waals surface area contributed by atoms with Crippen molar-refractivity contribution in [1.82, 2.24) is 0 Å². The van der Waals surface area contributed by atoms with Crippen LogP contribution in [-0.2, 0) is 14.9 Å². The highest BCUT2D eigenvalue weighted by Gasteiger charge is 2.18. The Morgan fingerprint density at radius 2 is 1.74 bits per heavy atom. The van der Waals surface area contributed by atoms with Crippen molar-refractivity contribution in [1.29, 1.82) is 0 Å². The molecular weight excluding hydrogens is 240 g/mol. The summed E-state index contributed by atoms with van der Waals surface area (Å²) in [4.78, 5) is 12.1. The van der Waals surface area contributed by atoms with Crippen LogP contribution in [0.5, 0.6) is 0 Å². The quantitative estimate of drug-likeness (QED) is 0.781. The van der Waals surface area contributed by atoms with Gasteiger partial charge in [0.15, 0.2) is 12.1 Å². The molecule has 0 aromatic heterocycles. The molecule has 1 aromatic rings. The first kappa shape index (κ1) is 14.2. The smallest absolute Gasteiger partial charge is 0.163 e. The fourth-order valence-corrected chi connectivity index (χ4v) is 2.12. The third-order valence-corrected chi connectivity index (χ3v) is 3.37. The van der Waals surface area contributed by atoms with Gasteiger partial charge in [-0.3, -0.25) is 4.79 Å².